The Labute approximate surface area is 131 Å². The SMILES string of the molecule is Nc1cccc(CN2C=NS(=O)(=O)c3ccccc32)c1Br. The molecule has 0 aromatic heterocycles. The number of hydrogen-bond donors (Lipinski definition) is 1. The average Bonchev–Trinajstić information content (AvgIpc) is 2.47. The number of anilines is 2. The lowest BCUT2D eigenvalue weighted by atomic mass is 10.2. The van der Waals surface area contributed by atoms with Gasteiger partial charge >= 0.3 is 0 Å². The van der Waals surface area contributed by atoms with Crippen LogP contribution in [0.1, 0.15) is 5.56 Å². The molecule has 108 valence electrons. The summed E-state index contributed by atoms with van der Waals surface area (Å²) in [5.41, 5.74) is 8.08. The van der Waals surface area contributed by atoms with E-state index in [1.807, 2.05) is 12.1 Å². The van der Waals surface area contributed by atoms with Crippen molar-refractivity contribution in [1.82, 2.24) is 0 Å². The Morgan fingerprint density at radius 3 is 2.71 bits per heavy atom. The molecule has 0 saturated carbocycles. The fraction of sp³-hybridized carbons (Fsp3) is 0.0714. The van der Waals surface area contributed by atoms with E-state index in [-0.39, 0.29) is 4.90 Å². The van der Waals surface area contributed by atoms with Crippen LogP contribution in [0.4, 0.5) is 11.4 Å². The molecule has 2 aromatic carbocycles. The summed E-state index contributed by atoms with van der Waals surface area (Å²) in [5, 5.41) is 0. The first-order valence-electron chi connectivity index (χ1n) is 6.18. The summed E-state index contributed by atoms with van der Waals surface area (Å²) in [6.45, 7) is 0.474. The minimum Gasteiger partial charge on any atom is -0.398 e. The molecular formula is C14H12BrN3O2S. The first-order valence-corrected chi connectivity index (χ1v) is 8.41. The number of hydrogen-bond acceptors (Lipinski definition) is 4. The van der Waals surface area contributed by atoms with Crippen molar-refractivity contribution in [3.8, 4) is 0 Å². The second kappa shape index (κ2) is 5.16. The molecule has 0 spiro atoms. The molecule has 0 atom stereocenters. The number of rotatable bonds is 2. The minimum absolute atomic E-state index is 0.215. The zero-order valence-corrected chi connectivity index (χ0v) is 13.3. The van der Waals surface area contributed by atoms with Gasteiger partial charge in [0.15, 0.2) is 0 Å². The number of sulfonamides is 1. The lowest BCUT2D eigenvalue weighted by molar-refractivity contribution is 0.597. The molecule has 0 amide bonds. The first-order chi connectivity index (χ1) is 9.99. The van der Waals surface area contributed by atoms with Gasteiger partial charge in [-0.3, -0.25) is 0 Å². The quantitative estimate of drug-likeness (QED) is 0.830. The number of halogens is 1. The van der Waals surface area contributed by atoms with Crippen molar-refractivity contribution in [2.45, 2.75) is 11.4 Å². The van der Waals surface area contributed by atoms with Crippen LogP contribution in [0.3, 0.4) is 0 Å². The van der Waals surface area contributed by atoms with Crippen LogP contribution >= 0.6 is 15.9 Å². The van der Waals surface area contributed by atoms with E-state index in [0.29, 0.717) is 17.9 Å². The number of para-hydroxylation sites is 1. The predicted molar refractivity (Wildman–Crippen MR) is 86.9 cm³/mol. The number of nitrogen functional groups attached to an aromatic ring is 1. The smallest absolute Gasteiger partial charge is 0.285 e. The Bertz CT molecular complexity index is 834. The number of fused-ring (bicyclic) bond motifs is 1. The molecule has 5 nitrogen and oxygen atoms in total. The van der Waals surface area contributed by atoms with Crippen LogP contribution in [0, 0.1) is 0 Å². The fourth-order valence-electron chi connectivity index (χ4n) is 2.18. The van der Waals surface area contributed by atoms with Gasteiger partial charge in [-0.2, -0.15) is 8.42 Å². The second-order valence-corrected chi connectivity index (χ2v) is 7.01. The van der Waals surface area contributed by atoms with E-state index in [2.05, 4.69) is 20.3 Å². The highest BCUT2D eigenvalue weighted by molar-refractivity contribution is 9.10. The second-order valence-electron chi connectivity index (χ2n) is 4.61. The third kappa shape index (κ3) is 2.54. The van der Waals surface area contributed by atoms with Crippen LogP contribution < -0.4 is 10.6 Å². The molecule has 2 N–H and O–H groups in total. The van der Waals surface area contributed by atoms with Crippen molar-refractivity contribution in [3.63, 3.8) is 0 Å². The maximum absolute atomic E-state index is 11.9. The number of nitrogens with zero attached hydrogens (tertiary/aromatic N) is 2. The monoisotopic (exact) mass is 365 g/mol. The third-order valence-electron chi connectivity index (χ3n) is 3.23. The summed E-state index contributed by atoms with van der Waals surface area (Å²) in [6, 6.07) is 12.4. The van der Waals surface area contributed by atoms with Gasteiger partial charge in [-0.05, 0) is 39.7 Å². The molecule has 0 unspecified atom stereocenters. The third-order valence-corrected chi connectivity index (χ3v) is 5.47. The zero-order chi connectivity index (χ0) is 15.0. The van der Waals surface area contributed by atoms with Crippen molar-refractivity contribution in [2.24, 2.45) is 4.40 Å². The fourth-order valence-corrected chi connectivity index (χ4v) is 3.62. The van der Waals surface area contributed by atoms with Crippen LogP contribution in [0.15, 0.2) is 56.2 Å². The van der Waals surface area contributed by atoms with E-state index < -0.39 is 10.0 Å². The lowest BCUT2D eigenvalue weighted by Crippen LogP contribution is -2.26. The highest BCUT2D eigenvalue weighted by Gasteiger charge is 2.25. The van der Waals surface area contributed by atoms with Gasteiger partial charge < -0.3 is 10.6 Å². The Kier molecular flexibility index (Phi) is 3.46. The lowest BCUT2D eigenvalue weighted by Gasteiger charge is -2.25. The number of nitrogens with two attached hydrogens (primary N) is 1. The highest BCUT2D eigenvalue weighted by Crippen LogP contribution is 2.32. The predicted octanol–water partition coefficient (Wildman–Crippen LogP) is 2.77. The molecule has 1 aliphatic rings. The summed E-state index contributed by atoms with van der Waals surface area (Å²) in [5.74, 6) is 0. The van der Waals surface area contributed by atoms with Gasteiger partial charge in [0.25, 0.3) is 10.0 Å². The maximum atomic E-state index is 11.9. The molecule has 2 aromatic rings. The topological polar surface area (TPSA) is 75.8 Å². The summed E-state index contributed by atoms with van der Waals surface area (Å²) in [6.07, 6.45) is 1.34. The van der Waals surface area contributed by atoms with Crippen molar-refractivity contribution < 1.29 is 8.42 Å². The molecule has 0 aliphatic carbocycles. The highest BCUT2D eigenvalue weighted by atomic mass is 79.9. The van der Waals surface area contributed by atoms with Gasteiger partial charge in [0.05, 0.1) is 12.2 Å². The summed E-state index contributed by atoms with van der Waals surface area (Å²) in [7, 11) is -3.59. The minimum atomic E-state index is -3.59. The number of benzene rings is 2. The van der Waals surface area contributed by atoms with Gasteiger partial charge in [-0.25, -0.2) is 0 Å². The molecular weight excluding hydrogens is 354 g/mol. The van der Waals surface area contributed by atoms with Gasteiger partial charge in [0, 0.05) is 10.2 Å². The molecule has 3 rings (SSSR count). The first kappa shape index (κ1) is 14.1. The van der Waals surface area contributed by atoms with Gasteiger partial charge in [-0.1, -0.05) is 24.3 Å². The largest absolute Gasteiger partial charge is 0.398 e. The molecule has 7 heteroatoms. The van der Waals surface area contributed by atoms with Gasteiger partial charge in [0.2, 0.25) is 0 Å². The summed E-state index contributed by atoms with van der Waals surface area (Å²) >= 11 is 3.45. The van der Waals surface area contributed by atoms with Gasteiger partial charge in [-0.15, -0.1) is 4.40 Å². The van der Waals surface area contributed by atoms with Crippen LogP contribution in [0.25, 0.3) is 0 Å². The van der Waals surface area contributed by atoms with Crippen molar-refractivity contribution in [2.75, 3.05) is 10.6 Å². The molecule has 0 fully saturated rings. The van der Waals surface area contributed by atoms with E-state index in [9.17, 15) is 8.42 Å². The van der Waals surface area contributed by atoms with Crippen molar-refractivity contribution in [1.29, 1.82) is 0 Å². The van der Waals surface area contributed by atoms with Crippen LogP contribution in [0.5, 0.6) is 0 Å². The Morgan fingerprint density at radius 1 is 1.14 bits per heavy atom. The van der Waals surface area contributed by atoms with E-state index in [1.54, 1.807) is 35.2 Å². The Morgan fingerprint density at radius 2 is 1.90 bits per heavy atom. The van der Waals surface area contributed by atoms with E-state index in [1.165, 1.54) is 6.34 Å². The Hall–Kier alpha value is -1.86. The molecule has 0 radical (unpaired) electrons. The summed E-state index contributed by atoms with van der Waals surface area (Å²) < 4.78 is 28.3. The standard InChI is InChI=1S/C14H12BrN3O2S/c15-14-10(4-3-5-11(14)16)8-18-9-17-21(19,20)13-7-2-1-6-12(13)18/h1-7,9H,8,16H2. The molecule has 1 heterocycles. The normalized spacial score (nSPS) is 15.8. The van der Waals surface area contributed by atoms with E-state index >= 15 is 0 Å². The van der Waals surface area contributed by atoms with Crippen LogP contribution in [0.2, 0.25) is 0 Å². The van der Waals surface area contributed by atoms with Crippen LogP contribution in [-0.4, -0.2) is 14.8 Å². The maximum Gasteiger partial charge on any atom is 0.285 e. The van der Waals surface area contributed by atoms with Gasteiger partial charge in [0.1, 0.15) is 11.2 Å². The molecule has 0 bridgehead atoms. The summed E-state index contributed by atoms with van der Waals surface area (Å²) in [4.78, 5) is 2.00. The average molecular weight is 366 g/mol. The molecule has 21 heavy (non-hydrogen) atoms. The zero-order valence-electron chi connectivity index (χ0n) is 10.9. The van der Waals surface area contributed by atoms with E-state index in [0.717, 1.165) is 10.0 Å². The van der Waals surface area contributed by atoms with Crippen molar-refractivity contribution in [3.05, 3.63) is 52.5 Å². The molecule has 1 aliphatic heterocycles. The van der Waals surface area contributed by atoms with E-state index in [4.69, 9.17) is 5.73 Å². The Balaban J connectivity index is 2.03. The van der Waals surface area contributed by atoms with Crippen LogP contribution in [-0.2, 0) is 16.6 Å². The van der Waals surface area contributed by atoms with Crippen molar-refractivity contribution >= 4 is 43.7 Å². The molecule has 0 saturated heterocycles.